The summed E-state index contributed by atoms with van der Waals surface area (Å²) in [6.07, 6.45) is 6.90. The standard InChI is InChI=1S/C49H36/c1-49(2)47-28-37(22-25-43(47)44-26-23-38(29-48(44)49)36-20-17-31-9-3-4-11-35(31)27-36)32-15-18-34(19-16-32)45-30-46-39-12-6-5-10-33(39)21-24-42(46)40-13-7-8-14-41(40)45/h3-4,6-9,11-30H,5,10H2,1-2H3. The average Bonchev–Trinajstić information content (AvgIpc) is 3.39. The number of allylic oxidation sites excluding steroid dienone is 1. The van der Waals surface area contributed by atoms with Gasteiger partial charge in [-0.2, -0.15) is 0 Å². The van der Waals surface area contributed by atoms with Gasteiger partial charge >= 0.3 is 0 Å². The Bertz CT molecular complexity index is 2660. The Labute approximate surface area is 288 Å². The van der Waals surface area contributed by atoms with E-state index >= 15 is 0 Å². The fraction of sp³-hybridized carbons (Fsp3) is 0.102. The third-order valence-electron chi connectivity index (χ3n) is 11.3. The van der Waals surface area contributed by atoms with Crippen LogP contribution in [0.25, 0.3) is 82.9 Å². The summed E-state index contributed by atoms with van der Waals surface area (Å²) in [5.41, 5.74) is 15.9. The van der Waals surface area contributed by atoms with Crippen molar-refractivity contribution in [3.8, 4) is 44.5 Å². The molecule has 0 saturated carbocycles. The molecule has 49 heavy (non-hydrogen) atoms. The first-order valence-corrected chi connectivity index (χ1v) is 17.6. The van der Waals surface area contributed by atoms with E-state index in [2.05, 4.69) is 172 Å². The zero-order chi connectivity index (χ0) is 32.7. The predicted molar refractivity (Wildman–Crippen MR) is 210 cm³/mol. The van der Waals surface area contributed by atoms with Crippen LogP contribution in [0, 0.1) is 0 Å². The minimum atomic E-state index is -0.0922. The Morgan fingerprint density at radius 1 is 0.429 bits per heavy atom. The number of fused-ring (bicyclic) bond motifs is 9. The molecule has 0 atom stereocenters. The molecule has 2 aliphatic carbocycles. The molecule has 0 saturated heterocycles. The molecule has 0 spiro atoms. The van der Waals surface area contributed by atoms with Gasteiger partial charge in [-0.3, -0.25) is 0 Å². The third-order valence-corrected chi connectivity index (χ3v) is 11.3. The van der Waals surface area contributed by atoms with Gasteiger partial charge in [0.05, 0.1) is 0 Å². The summed E-state index contributed by atoms with van der Waals surface area (Å²) >= 11 is 0. The highest BCUT2D eigenvalue weighted by Gasteiger charge is 2.36. The second-order valence-corrected chi connectivity index (χ2v) is 14.4. The lowest BCUT2D eigenvalue weighted by Crippen LogP contribution is -2.15. The van der Waals surface area contributed by atoms with Crippen molar-refractivity contribution in [3.63, 3.8) is 0 Å². The smallest absolute Gasteiger partial charge is 0.0159 e. The van der Waals surface area contributed by atoms with Crippen LogP contribution in [0.4, 0.5) is 0 Å². The molecule has 0 aromatic heterocycles. The molecule has 0 unspecified atom stereocenters. The molecule has 0 amide bonds. The maximum Gasteiger partial charge on any atom is 0.0159 e. The molecule has 8 aromatic carbocycles. The molecule has 0 aliphatic heterocycles. The fourth-order valence-electron chi connectivity index (χ4n) is 8.65. The molecule has 0 nitrogen and oxygen atoms in total. The molecule has 232 valence electrons. The van der Waals surface area contributed by atoms with Gasteiger partial charge in [-0.25, -0.2) is 0 Å². The van der Waals surface area contributed by atoms with Crippen molar-refractivity contribution in [1.29, 1.82) is 0 Å². The Morgan fingerprint density at radius 2 is 1.02 bits per heavy atom. The normalized spacial score (nSPS) is 14.2. The number of benzene rings is 8. The minimum absolute atomic E-state index is 0.0922. The lowest BCUT2D eigenvalue weighted by atomic mass is 9.80. The van der Waals surface area contributed by atoms with Crippen LogP contribution in [0.1, 0.15) is 42.5 Å². The Balaban J connectivity index is 1.02. The van der Waals surface area contributed by atoms with E-state index in [1.807, 2.05) is 0 Å². The summed E-state index contributed by atoms with van der Waals surface area (Å²) in [6, 6.07) is 54.8. The van der Waals surface area contributed by atoms with Crippen molar-refractivity contribution in [2.45, 2.75) is 32.1 Å². The van der Waals surface area contributed by atoms with Gasteiger partial charge in [0.25, 0.3) is 0 Å². The van der Waals surface area contributed by atoms with Crippen LogP contribution in [0.15, 0.2) is 152 Å². The monoisotopic (exact) mass is 624 g/mol. The van der Waals surface area contributed by atoms with E-state index in [1.54, 1.807) is 0 Å². The van der Waals surface area contributed by atoms with Crippen LogP contribution in [0.5, 0.6) is 0 Å². The first-order chi connectivity index (χ1) is 24.0. The van der Waals surface area contributed by atoms with E-state index in [0.29, 0.717) is 0 Å². The summed E-state index contributed by atoms with van der Waals surface area (Å²) in [6.45, 7) is 4.76. The van der Waals surface area contributed by atoms with Crippen molar-refractivity contribution in [1.82, 2.24) is 0 Å². The zero-order valence-electron chi connectivity index (χ0n) is 27.9. The van der Waals surface area contributed by atoms with Gasteiger partial charge in [0.15, 0.2) is 0 Å². The predicted octanol–water partition coefficient (Wildman–Crippen LogP) is 13.4. The minimum Gasteiger partial charge on any atom is -0.0836 e. The fourth-order valence-corrected chi connectivity index (χ4v) is 8.65. The first-order valence-electron chi connectivity index (χ1n) is 17.6. The van der Waals surface area contributed by atoms with E-state index < -0.39 is 0 Å². The van der Waals surface area contributed by atoms with E-state index in [1.165, 1.54) is 99.1 Å². The van der Waals surface area contributed by atoms with E-state index in [9.17, 15) is 0 Å². The Hall–Kier alpha value is -5.72. The molecule has 0 heterocycles. The zero-order valence-corrected chi connectivity index (χ0v) is 27.9. The molecule has 10 rings (SSSR count). The topological polar surface area (TPSA) is 0 Å². The van der Waals surface area contributed by atoms with Crippen molar-refractivity contribution in [2.75, 3.05) is 0 Å². The van der Waals surface area contributed by atoms with Gasteiger partial charge in [-0.05, 0) is 136 Å². The SMILES string of the molecule is CC1(C)c2cc(-c3ccc(-c4cc5c6c(ccc5c5ccccc45)CCC=C6)cc3)ccc2-c2ccc(-c3ccc4ccccc4c3)cc21. The molecule has 0 fully saturated rings. The lowest BCUT2D eigenvalue weighted by molar-refractivity contribution is 0.661. The summed E-state index contributed by atoms with van der Waals surface area (Å²) < 4.78 is 0. The highest BCUT2D eigenvalue weighted by molar-refractivity contribution is 6.16. The third kappa shape index (κ3) is 4.37. The number of hydrogen-bond donors (Lipinski definition) is 0. The Kier molecular flexibility index (Phi) is 6.15. The van der Waals surface area contributed by atoms with Crippen LogP contribution in [-0.2, 0) is 11.8 Å². The van der Waals surface area contributed by atoms with Crippen LogP contribution in [-0.4, -0.2) is 0 Å². The number of aryl methyl sites for hydroxylation is 1. The highest BCUT2D eigenvalue weighted by Crippen LogP contribution is 2.51. The van der Waals surface area contributed by atoms with E-state index in [4.69, 9.17) is 0 Å². The van der Waals surface area contributed by atoms with Crippen molar-refractivity contribution < 1.29 is 0 Å². The molecule has 0 heteroatoms. The molecular formula is C49H36. The van der Waals surface area contributed by atoms with Gasteiger partial charge in [0.1, 0.15) is 0 Å². The Morgan fingerprint density at radius 3 is 1.80 bits per heavy atom. The van der Waals surface area contributed by atoms with E-state index in [-0.39, 0.29) is 5.41 Å². The average molecular weight is 625 g/mol. The van der Waals surface area contributed by atoms with E-state index in [0.717, 1.165) is 12.8 Å². The summed E-state index contributed by atoms with van der Waals surface area (Å²) in [5, 5.41) is 7.89. The summed E-state index contributed by atoms with van der Waals surface area (Å²) in [7, 11) is 0. The van der Waals surface area contributed by atoms with Crippen molar-refractivity contribution >= 4 is 38.4 Å². The molecule has 2 aliphatic rings. The second-order valence-electron chi connectivity index (χ2n) is 14.4. The molecule has 8 aromatic rings. The largest absolute Gasteiger partial charge is 0.0836 e. The maximum absolute atomic E-state index is 2.43. The number of rotatable bonds is 3. The second kappa shape index (κ2) is 10.6. The van der Waals surface area contributed by atoms with Gasteiger partial charge in [0.2, 0.25) is 0 Å². The first kappa shape index (κ1) is 28.3. The molecule has 0 bridgehead atoms. The lowest BCUT2D eigenvalue weighted by Gasteiger charge is -2.23. The quantitative estimate of drug-likeness (QED) is 0.172. The summed E-state index contributed by atoms with van der Waals surface area (Å²) in [5.74, 6) is 0. The molecular weight excluding hydrogens is 589 g/mol. The van der Waals surface area contributed by atoms with Gasteiger partial charge < -0.3 is 0 Å². The highest BCUT2D eigenvalue weighted by atomic mass is 14.4. The van der Waals surface area contributed by atoms with Crippen LogP contribution in [0.3, 0.4) is 0 Å². The molecule has 0 radical (unpaired) electrons. The van der Waals surface area contributed by atoms with Gasteiger partial charge in [-0.1, -0.05) is 147 Å². The van der Waals surface area contributed by atoms with Crippen LogP contribution in [0.2, 0.25) is 0 Å². The van der Waals surface area contributed by atoms with Crippen LogP contribution < -0.4 is 0 Å². The number of hydrogen-bond acceptors (Lipinski definition) is 0. The van der Waals surface area contributed by atoms with Gasteiger partial charge in [0, 0.05) is 5.41 Å². The maximum atomic E-state index is 2.43. The van der Waals surface area contributed by atoms with Crippen molar-refractivity contribution in [2.24, 2.45) is 0 Å². The van der Waals surface area contributed by atoms with Crippen LogP contribution >= 0.6 is 0 Å². The summed E-state index contributed by atoms with van der Waals surface area (Å²) in [4.78, 5) is 0. The van der Waals surface area contributed by atoms with Gasteiger partial charge in [-0.15, -0.1) is 0 Å². The van der Waals surface area contributed by atoms with Crippen molar-refractivity contribution in [3.05, 3.63) is 174 Å². The molecule has 0 N–H and O–H groups in total.